The fourth-order valence-electron chi connectivity index (χ4n) is 1.49. The third-order valence-corrected chi connectivity index (χ3v) is 3.65. The molecule has 0 aliphatic rings. The van der Waals surface area contributed by atoms with E-state index in [1.807, 2.05) is 0 Å². The number of nitrogens with one attached hydrogen (secondary N) is 3. The van der Waals surface area contributed by atoms with Crippen LogP contribution in [0.3, 0.4) is 0 Å². The van der Waals surface area contributed by atoms with E-state index >= 15 is 0 Å². The Labute approximate surface area is 144 Å². The molecule has 2 atom stereocenters. The van der Waals surface area contributed by atoms with Gasteiger partial charge in [-0.3, -0.25) is 9.59 Å². The molecule has 0 saturated carbocycles. The molecule has 0 heterocycles. The molecule has 0 aromatic rings. The van der Waals surface area contributed by atoms with Crippen LogP contribution in [0.5, 0.6) is 0 Å². The molecule has 0 bridgehead atoms. The molecule has 0 saturated heterocycles. The summed E-state index contributed by atoms with van der Waals surface area (Å²) in [6.07, 6.45) is -0.560. The van der Waals surface area contributed by atoms with Crippen molar-refractivity contribution in [2.24, 2.45) is 0 Å². The van der Waals surface area contributed by atoms with E-state index in [1.165, 1.54) is 25.7 Å². The largest absolute Gasteiger partial charge is 0.467 e. The number of ether oxygens (including phenoxy) is 2. The maximum Gasteiger partial charge on any atom is 0.406 e. The minimum atomic E-state index is -1.21. The number of aliphatic hydroxyl groups excluding tert-OH is 1. The first-order valence-electron chi connectivity index (χ1n) is 7.04. The monoisotopic (exact) mass is 365 g/mol. The van der Waals surface area contributed by atoms with Crippen molar-refractivity contribution >= 4 is 35.6 Å². The molecule has 0 aromatic heterocycles. The maximum absolute atomic E-state index is 12.1. The van der Waals surface area contributed by atoms with Gasteiger partial charge in [-0.2, -0.15) is 11.8 Å². The number of carbonyl (C=O) groups excluding carboxylic acids is 4. The summed E-state index contributed by atoms with van der Waals surface area (Å²) in [7, 11) is 2.57. The van der Waals surface area contributed by atoms with Gasteiger partial charge in [0, 0.05) is 25.5 Å². The predicted octanol–water partition coefficient (Wildman–Crippen LogP) is -1.77. The van der Waals surface area contributed by atoms with Gasteiger partial charge in [0.25, 0.3) is 0 Å². The molecule has 10 nitrogen and oxygen atoms in total. The van der Waals surface area contributed by atoms with Gasteiger partial charge < -0.3 is 30.5 Å². The van der Waals surface area contributed by atoms with Crippen molar-refractivity contribution in [2.45, 2.75) is 19.0 Å². The number of hydrogen-bond acceptors (Lipinski definition) is 8. The molecule has 0 aliphatic heterocycles. The van der Waals surface area contributed by atoms with Crippen molar-refractivity contribution in [3.05, 3.63) is 0 Å². The number of thioether (sulfide) groups is 1. The van der Waals surface area contributed by atoms with Crippen molar-refractivity contribution in [3.63, 3.8) is 0 Å². The SMILES string of the molecule is CNC(=O)OCCSCC(NC(C)=O)C(=O)NC(CO)C(=O)OC. The van der Waals surface area contributed by atoms with Crippen LogP contribution in [0.4, 0.5) is 4.79 Å². The lowest BCUT2D eigenvalue weighted by molar-refractivity contribution is -0.146. The molecule has 0 spiro atoms. The highest BCUT2D eigenvalue weighted by Gasteiger charge is 2.26. The zero-order valence-corrected chi connectivity index (χ0v) is 14.6. The Bertz CT molecular complexity index is 447. The lowest BCUT2D eigenvalue weighted by atomic mass is 10.2. The zero-order valence-electron chi connectivity index (χ0n) is 13.8. The molecule has 0 radical (unpaired) electrons. The van der Waals surface area contributed by atoms with Gasteiger partial charge >= 0.3 is 12.1 Å². The number of amides is 3. The van der Waals surface area contributed by atoms with Gasteiger partial charge in [-0.05, 0) is 0 Å². The summed E-state index contributed by atoms with van der Waals surface area (Å²) < 4.78 is 9.24. The zero-order chi connectivity index (χ0) is 18.5. The fourth-order valence-corrected chi connectivity index (χ4v) is 2.33. The average Bonchev–Trinajstić information content (AvgIpc) is 2.56. The smallest absolute Gasteiger partial charge is 0.406 e. The molecule has 138 valence electrons. The van der Waals surface area contributed by atoms with E-state index in [9.17, 15) is 19.2 Å². The van der Waals surface area contributed by atoms with Gasteiger partial charge in [0.1, 0.15) is 12.6 Å². The molecule has 2 unspecified atom stereocenters. The summed E-state index contributed by atoms with van der Waals surface area (Å²) in [6, 6.07) is -2.12. The molecule has 3 amide bonds. The van der Waals surface area contributed by atoms with Gasteiger partial charge in [0.15, 0.2) is 6.04 Å². The predicted molar refractivity (Wildman–Crippen MR) is 86.4 cm³/mol. The number of hydrogen-bond donors (Lipinski definition) is 4. The lowest BCUT2D eigenvalue weighted by Gasteiger charge is -2.20. The van der Waals surface area contributed by atoms with Crippen LogP contribution in [0.25, 0.3) is 0 Å². The van der Waals surface area contributed by atoms with Crippen molar-refractivity contribution in [2.75, 3.05) is 38.9 Å². The third kappa shape index (κ3) is 9.20. The molecule has 0 aromatic carbocycles. The Balaban J connectivity index is 4.47. The second-order valence-corrected chi connectivity index (χ2v) is 5.63. The fraction of sp³-hybridized carbons (Fsp3) is 0.692. The highest BCUT2D eigenvalue weighted by atomic mass is 32.2. The first-order valence-corrected chi connectivity index (χ1v) is 8.19. The van der Waals surface area contributed by atoms with Gasteiger partial charge in [0.2, 0.25) is 11.8 Å². The van der Waals surface area contributed by atoms with Crippen molar-refractivity contribution in [1.29, 1.82) is 0 Å². The molecule has 24 heavy (non-hydrogen) atoms. The highest BCUT2D eigenvalue weighted by molar-refractivity contribution is 7.99. The second kappa shape index (κ2) is 12.4. The number of carbonyl (C=O) groups is 4. The number of alkyl carbamates (subject to hydrolysis) is 1. The third-order valence-electron chi connectivity index (χ3n) is 2.63. The van der Waals surface area contributed by atoms with Crippen LogP contribution < -0.4 is 16.0 Å². The summed E-state index contributed by atoms with van der Waals surface area (Å²) in [5, 5.41) is 16.1. The van der Waals surface area contributed by atoms with Crippen LogP contribution >= 0.6 is 11.8 Å². The average molecular weight is 365 g/mol. The van der Waals surface area contributed by atoms with Crippen LogP contribution in [0.2, 0.25) is 0 Å². The van der Waals surface area contributed by atoms with Crippen LogP contribution in [0.15, 0.2) is 0 Å². The van der Waals surface area contributed by atoms with E-state index in [-0.39, 0.29) is 12.4 Å². The van der Waals surface area contributed by atoms with E-state index in [0.29, 0.717) is 5.75 Å². The molecule has 0 aliphatic carbocycles. The van der Waals surface area contributed by atoms with E-state index < -0.39 is 42.6 Å². The number of methoxy groups -OCH3 is 1. The van der Waals surface area contributed by atoms with E-state index in [0.717, 1.165) is 7.11 Å². The summed E-state index contributed by atoms with van der Waals surface area (Å²) >= 11 is 1.27. The van der Waals surface area contributed by atoms with E-state index in [1.54, 1.807) is 0 Å². The summed E-state index contributed by atoms with van der Waals surface area (Å²) in [5.41, 5.74) is 0. The van der Waals surface area contributed by atoms with E-state index in [2.05, 4.69) is 20.7 Å². The molecular weight excluding hydrogens is 342 g/mol. The van der Waals surface area contributed by atoms with Gasteiger partial charge in [-0.1, -0.05) is 0 Å². The van der Waals surface area contributed by atoms with Gasteiger partial charge in [0.05, 0.1) is 13.7 Å². The molecule has 4 N–H and O–H groups in total. The molecule has 0 rings (SSSR count). The van der Waals surface area contributed by atoms with Gasteiger partial charge in [-0.25, -0.2) is 9.59 Å². The van der Waals surface area contributed by atoms with Crippen LogP contribution in [0, 0.1) is 0 Å². The van der Waals surface area contributed by atoms with E-state index in [4.69, 9.17) is 9.84 Å². The molecular formula is C13H23N3O7S. The van der Waals surface area contributed by atoms with Crippen LogP contribution in [-0.2, 0) is 23.9 Å². The lowest BCUT2D eigenvalue weighted by Crippen LogP contribution is -2.53. The van der Waals surface area contributed by atoms with Crippen molar-refractivity contribution < 1.29 is 33.8 Å². The van der Waals surface area contributed by atoms with Gasteiger partial charge in [-0.15, -0.1) is 0 Å². The second-order valence-electron chi connectivity index (χ2n) is 4.48. The first-order chi connectivity index (χ1) is 11.3. The summed E-state index contributed by atoms with van der Waals surface area (Å²) in [5.74, 6) is -1.23. The minimum absolute atomic E-state index is 0.139. The Hall–Kier alpha value is -2.01. The number of esters is 1. The Kier molecular flexibility index (Phi) is 11.4. The number of aliphatic hydroxyl groups is 1. The highest BCUT2D eigenvalue weighted by Crippen LogP contribution is 2.04. The standard InChI is InChI=1S/C13H23N3O7S/c1-8(18)15-10(7-24-5-4-23-13(21)14-2)11(19)16-9(6-17)12(20)22-3/h9-10,17H,4-7H2,1-3H3,(H,14,21)(H,15,18)(H,16,19). The Morgan fingerprint density at radius 1 is 1.17 bits per heavy atom. The van der Waals surface area contributed by atoms with Crippen molar-refractivity contribution in [3.8, 4) is 0 Å². The van der Waals surface area contributed by atoms with Crippen LogP contribution in [-0.4, -0.2) is 79.9 Å². The Morgan fingerprint density at radius 2 is 1.83 bits per heavy atom. The number of rotatable bonds is 10. The maximum atomic E-state index is 12.1. The van der Waals surface area contributed by atoms with Crippen LogP contribution in [0.1, 0.15) is 6.92 Å². The van der Waals surface area contributed by atoms with Crippen molar-refractivity contribution in [1.82, 2.24) is 16.0 Å². The Morgan fingerprint density at radius 3 is 2.33 bits per heavy atom. The first kappa shape index (κ1) is 22.0. The minimum Gasteiger partial charge on any atom is -0.467 e. The summed E-state index contributed by atoms with van der Waals surface area (Å²) in [6.45, 7) is 0.766. The molecule has 11 heteroatoms. The topological polar surface area (TPSA) is 143 Å². The molecule has 0 fully saturated rings. The normalized spacial score (nSPS) is 12.5. The summed E-state index contributed by atoms with van der Waals surface area (Å²) in [4.78, 5) is 45.6. The quantitative estimate of drug-likeness (QED) is 0.263.